The van der Waals surface area contributed by atoms with E-state index in [4.69, 9.17) is 27.1 Å². The molecule has 0 spiro atoms. The number of ether oxygens (including phenoxy) is 1. The number of nitrogen functional groups attached to an aromatic ring is 1. The second-order valence-electron chi connectivity index (χ2n) is 8.14. The van der Waals surface area contributed by atoms with Crippen molar-refractivity contribution in [1.29, 1.82) is 0 Å². The van der Waals surface area contributed by atoms with Gasteiger partial charge in [0.05, 0.1) is 18.5 Å². The van der Waals surface area contributed by atoms with Crippen molar-refractivity contribution in [2.75, 3.05) is 19.4 Å². The molecule has 7 heteroatoms. The number of hydrogen-bond acceptors (Lipinski definition) is 6. The first kappa shape index (κ1) is 21.4. The maximum Gasteiger partial charge on any atom is 0.159 e. The van der Waals surface area contributed by atoms with Crippen LogP contribution in [0.3, 0.4) is 0 Å². The molecule has 2 aromatic heterocycles. The monoisotopic (exact) mass is 457 g/mol. The van der Waals surface area contributed by atoms with E-state index < -0.39 is 0 Å². The van der Waals surface area contributed by atoms with Crippen LogP contribution in [0.2, 0.25) is 5.02 Å². The third-order valence-electron chi connectivity index (χ3n) is 5.85. The fraction of sp³-hybridized carbons (Fsp3) is 0.192. The molecule has 1 aliphatic heterocycles. The fourth-order valence-electron chi connectivity index (χ4n) is 4.10. The summed E-state index contributed by atoms with van der Waals surface area (Å²) in [4.78, 5) is 16.5. The Morgan fingerprint density at radius 1 is 1.03 bits per heavy atom. The number of methoxy groups -OCH3 is 1. The summed E-state index contributed by atoms with van der Waals surface area (Å²) in [6.45, 7) is 2.58. The molecule has 0 atom stereocenters. The summed E-state index contributed by atoms with van der Waals surface area (Å²) >= 11 is 6.17. The van der Waals surface area contributed by atoms with Gasteiger partial charge in [-0.05, 0) is 54.1 Å². The highest BCUT2D eigenvalue weighted by molar-refractivity contribution is 6.30. The van der Waals surface area contributed by atoms with Crippen LogP contribution in [0.1, 0.15) is 16.8 Å². The minimum absolute atomic E-state index is 0.658. The third kappa shape index (κ3) is 4.67. The van der Waals surface area contributed by atoms with Gasteiger partial charge in [-0.1, -0.05) is 17.7 Å². The highest BCUT2D eigenvalue weighted by Gasteiger charge is 2.19. The standard InChI is InChI=1S/C26H24ClN5O/c1-33-25-9-5-20(27)12-22(25)24-8-2-17(13-29-24)15-32-11-10-23-19(16-32)14-30-26(31-23)18-3-6-21(28)7-4-18/h2-9,12-14H,10-11,15-16,28H2,1H3. The minimum Gasteiger partial charge on any atom is -0.496 e. The zero-order chi connectivity index (χ0) is 22.8. The topological polar surface area (TPSA) is 77.2 Å². The van der Waals surface area contributed by atoms with Crippen LogP contribution in [0, 0.1) is 0 Å². The second-order valence-corrected chi connectivity index (χ2v) is 8.58. The molecule has 0 radical (unpaired) electrons. The number of nitrogens with zero attached hydrogens (tertiary/aromatic N) is 4. The van der Waals surface area contributed by atoms with Crippen molar-refractivity contribution in [2.24, 2.45) is 0 Å². The van der Waals surface area contributed by atoms with Crippen LogP contribution in [0.25, 0.3) is 22.6 Å². The van der Waals surface area contributed by atoms with Crippen molar-refractivity contribution in [3.8, 4) is 28.4 Å². The lowest BCUT2D eigenvalue weighted by atomic mass is 10.1. The Kier molecular flexibility index (Phi) is 5.94. The molecule has 2 aromatic carbocycles. The maximum absolute atomic E-state index is 6.17. The van der Waals surface area contributed by atoms with Crippen molar-refractivity contribution in [3.05, 3.63) is 88.8 Å². The number of nitrogens with two attached hydrogens (primary N) is 1. The number of fused-ring (bicyclic) bond motifs is 1. The molecule has 6 nitrogen and oxygen atoms in total. The molecule has 0 saturated heterocycles. The maximum atomic E-state index is 6.17. The number of benzene rings is 2. The smallest absolute Gasteiger partial charge is 0.159 e. The van der Waals surface area contributed by atoms with Gasteiger partial charge in [0.1, 0.15) is 5.75 Å². The largest absolute Gasteiger partial charge is 0.496 e. The molecule has 0 unspecified atom stereocenters. The zero-order valence-electron chi connectivity index (χ0n) is 18.3. The molecular weight excluding hydrogens is 434 g/mol. The van der Waals surface area contributed by atoms with Crippen LogP contribution in [0.4, 0.5) is 5.69 Å². The van der Waals surface area contributed by atoms with Gasteiger partial charge < -0.3 is 10.5 Å². The Morgan fingerprint density at radius 2 is 1.88 bits per heavy atom. The van der Waals surface area contributed by atoms with Crippen molar-refractivity contribution in [1.82, 2.24) is 19.9 Å². The first-order valence-electron chi connectivity index (χ1n) is 10.8. The van der Waals surface area contributed by atoms with Gasteiger partial charge in [-0.15, -0.1) is 0 Å². The summed E-state index contributed by atoms with van der Waals surface area (Å²) in [5.74, 6) is 1.50. The summed E-state index contributed by atoms with van der Waals surface area (Å²) in [7, 11) is 1.65. The summed E-state index contributed by atoms with van der Waals surface area (Å²) in [5, 5.41) is 0.658. The van der Waals surface area contributed by atoms with Gasteiger partial charge in [0, 0.05) is 65.8 Å². The van der Waals surface area contributed by atoms with Crippen molar-refractivity contribution < 1.29 is 4.74 Å². The lowest BCUT2D eigenvalue weighted by Gasteiger charge is -2.28. The van der Waals surface area contributed by atoms with Gasteiger partial charge in [-0.3, -0.25) is 9.88 Å². The highest BCUT2D eigenvalue weighted by Crippen LogP contribution is 2.31. The second kappa shape index (κ2) is 9.17. The minimum atomic E-state index is 0.658. The number of pyridine rings is 1. The molecule has 1 aliphatic rings. The van der Waals surface area contributed by atoms with E-state index in [9.17, 15) is 0 Å². The van der Waals surface area contributed by atoms with E-state index in [1.54, 1.807) is 7.11 Å². The number of hydrogen-bond donors (Lipinski definition) is 1. The Balaban J connectivity index is 1.28. The van der Waals surface area contributed by atoms with Gasteiger partial charge in [0.2, 0.25) is 0 Å². The van der Waals surface area contributed by atoms with Crippen molar-refractivity contribution >= 4 is 17.3 Å². The predicted molar refractivity (Wildman–Crippen MR) is 131 cm³/mol. The summed E-state index contributed by atoms with van der Waals surface area (Å²) in [5.41, 5.74) is 12.7. The van der Waals surface area contributed by atoms with Crippen LogP contribution >= 0.6 is 11.6 Å². The SMILES string of the molecule is COc1ccc(Cl)cc1-c1ccc(CN2CCc3nc(-c4ccc(N)cc4)ncc3C2)cn1. The van der Waals surface area contributed by atoms with Crippen LogP contribution < -0.4 is 10.5 Å². The van der Waals surface area contributed by atoms with E-state index in [0.717, 1.165) is 71.4 Å². The molecule has 3 heterocycles. The van der Waals surface area contributed by atoms with E-state index in [1.165, 1.54) is 5.56 Å². The first-order valence-corrected chi connectivity index (χ1v) is 11.2. The number of aromatic nitrogens is 3. The fourth-order valence-corrected chi connectivity index (χ4v) is 4.27. The molecule has 166 valence electrons. The molecule has 5 rings (SSSR count). The zero-order valence-corrected chi connectivity index (χ0v) is 19.1. The summed E-state index contributed by atoms with van der Waals surface area (Å²) in [6, 6.07) is 17.4. The molecule has 4 aromatic rings. The first-order chi connectivity index (χ1) is 16.1. The molecule has 33 heavy (non-hydrogen) atoms. The van der Waals surface area contributed by atoms with Gasteiger partial charge in [-0.25, -0.2) is 9.97 Å². The molecule has 0 fully saturated rings. The Hall–Kier alpha value is -3.48. The molecule has 2 N–H and O–H groups in total. The van der Waals surface area contributed by atoms with Crippen LogP contribution in [0.5, 0.6) is 5.75 Å². The average Bonchev–Trinajstić information content (AvgIpc) is 2.85. The van der Waals surface area contributed by atoms with E-state index in [-0.39, 0.29) is 0 Å². The summed E-state index contributed by atoms with van der Waals surface area (Å²) < 4.78 is 5.46. The molecule has 0 aliphatic carbocycles. The molecule has 0 saturated carbocycles. The van der Waals surface area contributed by atoms with E-state index in [1.807, 2.05) is 60.9 Å². The highest BCUT2D eigenvalue weighted by atomic mass is 35.5. The number of anilines is 1. The van der Waals surface area contributed by atoms with Crippen LogP contribution in [-0.2, 0) is 19.5 Å². The Morgan fingerprint density at radius 3 is 2.64 bits per heavy atom. The van der Waals surface area contributed by atoms with Gasteiger partial charge in [-0.2, -0.15) is 0 Å². The van der Waals surface area contributed by atoms with E-state index >= 15 is 0 Å². The number of halogens is 1. The average molecular weight is 458 g/mol. The molecular formula is C26H24ClN5O. The van der Waals surface area contributed by atoms with E-state index in [0.29, 0.717) is 5.02 Å². The van der Waals surface area contributed by atoms with Gasteiger partial charge >= 0.3 is 0 Å². The molecule has 0 amide bonds. The lowest BCUT2D eigenvalue weighted by Crippen LogP contribution is -2.31. The third-order valence-corrected chi connectivity index (χ3v) is 6.09. The van der Waals surface area contributed by atoms with Crippen molar-refractivity contribution in [2.45, 2.75) is 19.5 Å². The quantitative estimate of drug-likeness (QED) is 0.424. The lowest BCUT2D eigenvalue weighted by molar-refractivity contribution is 0.242. The van der Waals surface area contributed by atoms with E-state index in [2.05, 4.69) is 20.9 Å². The van der Waals surface area contributed by atoms with Gasteiger partial charge in [0.15, 0.2) is 5.82 Å². The normalized spacial score (nSPS) is 13.5. The van der Waals surface area contributed by atoms with Crippen LogP contribution in [-0.4, -0.2) is 33.5 Å². The van der Waals surface area contributed by atoms with Gasteiger partial charge in [0.25, 0.3) is 0 Å². The Bertz CT molecular complexity index is 1280. The summed E-state index contributed by atoms with van der Waals surface area (Å²) in [6.07, 6.45) is 4.77. The van der Waals surface area contributed by atoms with Crippen LogP contribution in [0.15, 0.2) is 67.0 Å². The Labute approximate surface area is 198 Å². The van der Waals surface area contributed by atoms with Crippen molar-refractivity contribution in [3.63, 3.8) is 0 Å². The molecule has 0 bridgehead atoms. The number of rotatable bonds is 5. The predicted octanol–water partition coefficient (Wildman–Crippen LogP) is 5.01.